The fourth-order valence-corrected chi connectivity index (χ4v) is 1.24. The summed E-state index contributed by atoms with van der Waals surface area (Å²) in [6.45, 7) is 3.11. The Bertz CT molecular complexity index is 208. The highest BCUT2D eigenvalue weighted by molar-refractivity contribution is 7.80. The Morgan fingerprint density at radius 3 is 2.17 bits per heavy atom. The standard InChI is InChI=1S/C6H14O5S/c1-5(7)3-4-6(2)11-12(8,9)10/h5-7H,3-4H2,1-2H3,(H,8,9,10). The van der Waals surface area contributed by atoms with E-state index in [1.54, 1.807) is 6.92 Å². The van der Waals surface area contributed by atoms with Crippen molar-refractivity contribution in [1.29, 1.82) is 0 Å². The summed E-state index contributed by atoms with van der Waals surface area (Å²) < 4.78 is 32.8. The van der Waals surface area contributed by atoms with Crippen LogP contribution < -0.4 is 0 Å². The summed E-state index contributed by atoms with van der Waals surface area (Å²) in [5.41, 5.74) is 0. The van der Waals surface area contributed by atoms with Crippen molar-refractivity contribution in [3.8, 4) is 0 Å². The molecule has 0 rings (SSSR count). The van der Waals surface area contributed by atoms with E-state index in [0.29, 0.717) is 12.8 Å². The zero-order chi connectivity index (χ0) is 9.78. The molecule has 0 aromatic heterocycles. The van der Waals surface area contributed by atoms with E-state index in [9.17, 15) is 8.42 Å². The number of hydrogen-bond donors (Lipinski definition) is 2. The van der Waals surface area contributed by atoms with Gasteiger partial charge in [-0.05, 0) is 26.7 Å². The molecule has 0 amide bonds. The maximum atomic E-state index is 10.2. The van der Waals surface area contributed by atoms with Gasteiger partial charge in [0.25, 0.3) is 0 Å². The third-order valence-electron chi connectivity index (χ3n) is 1.28. The highest BCUT2D eigenvalue weighted by Gasteiger charge is 2.12. The fourth-order valence-electron chi connectivity index (χ4n) is 0.732. The topological polar surface area (TPSA) is 83.8 Å². The van der Waals surface area contributed by atoms with Crippen LogP contribution in [0.1, 0.15) is 26.7 Å². The monoisotopic (exact) mass is 198 g/mol. The molecule has 0 aromatic rings. The van der Waals surface area contributed by atoms with Crippen molar-refractivity contribution in [2.75, 3.05) is 0 Å². The van der Waals surface area contributed by atoms with Gasteiger partial charge in [0.05, 0.1) is 12.2 Å². The average molecular weight is 198 g/mol. The average Bonchev–Trinajstić information content (AvgIpc) is 1.79. The normalized spacial score (nSPS) is 17.3. The number of aliphatic hydroxyl groups is 1. The maximum Gasteiger partial charge on any atom is 0.397 e. The van der Waals surface area contributed by atoms with Gasteiger partial charge in [0.1, 0.15) is 0 Å². The minimum Gasteiger partial charge on any atom is -0.393 e. The van der Waals surface area contributed by atoms with E-state index in [1.165, 1.54) is 6.92 Å². The van der Waals surface area contributed by atoms with Gasteiger partial charge < -0.3 is 5.11 Å². The lowest BCUT2D eigenvalue weighted by Crippen LogP contribution is -2.16. The van der Waals surface area contributed by atoms with Crippen molar-refractivity contribution in [3.05, 3.63) is 0 Å². The van der Waals surface area contributed by atoms with Gasteiger partial charge in [-0.15, -0.1) is 0 Å². The van der Waals surface area contributed by atoms with Crippen LogP contribution in [0.25, 0.3) is 0 Å². The van der Waals surface area contributed by atoms with Crippen molar-refractivity contribution in [2.45, 2.75) is 38.9 Å². The molecule has 0 aromatic carbocycles. The summed E-state index contributed by atoms with van der Waals surface area (Å²) in [5, 5.41) is 8.83. The quantitative estimate of drug-likeness (QED) is 0.623. The minimum atomic E-state index is -4.35. The lowest BCUT2D eigenvalue weighted by Gasteiger charge is -2.10. The molecule has 0 fully saturated rings. The van der Waals surface area contributed by atoms with Gasteiger partial charge in [0, 0.05) is 0 Å². The largest absolute Gasteiger partial charge is 0.397 e. The Kier molecular flexibility index (Phi) is 4.69. The number of hydrogen-bond acceptors (Lipinski definition) is 4. The van der Waals surface area contributed by atoms with Crippen LogP contribution >= 0.6 is 0 Å². The third-order valence-corrected chi connectivity index (χ3v) is 1.85. The first kappa shape index (κ1) is 11.8. The summed E-state index contributed by atoms with van der Waals surface area (Å²) >= 11 is 0. The highest BCUT2D eigenvalue weighted by Crippen LogP contribution is 2.06. The Morgan fingerprint density at radius 1 is 1.33 bits per heavy atom. The van der Waals surface area contributed by atoms with Gasteiger partial charge in [-0.3, -0.25) is 4.55 Å². The third kappa shape index (κ3) is 7.93. The predicted molar refractivity (Wildman–Crippen MR) is 43.0 cm³/mol. The molecule has 0 radical (unpaired) electrons. The second kappa shape index (κ2) is 4.76. The Hall–Kier alpha value is -0.170. The molecule has 2 unspecified atom stereocenters. The molecule has 0 aliphatic heterocycles. The van der Waals surface area contributed by atoms with E-state index >= 15 is 0 Å². The first-order chi connectivity index (χ1) is 5.31. The maximum absolute atomic E-state index is 10.2. The lowest BCUT2D eigenvalue weighted by molar-refractivity contribution is 0.139. The molecular formula is C6H14O5S. The molecular weight excluding hydrogens is 184 g/mol. The van der Waals surface area contributed by atoms with Crippen LogP contribution in [-0.4, -0.2) is 30.3 Å². The molecule has 0 saturated heterocycles. The van der Waals surface area contributed by atoms with Crippen molar-refractivity contribution in [1.82, 2.24) is 0 Å². The van der Waals surface area contributed by atoms with E-state index < -0.39 is 22.6 Å². The lowest BCUT2D eigenvalue weighted by atomic mass is 10.1. The van der Waals surface area contributed by atoms with Crippen molar-refractivity contribution >= 4 is 10.4 Å². The zero-order valence-corrected chi connectivity index (χ0v) is 7.91. The van der Waals surface area contributed by atoms with Crippen LogP contribution in [0.4, 0.5) is 0 Å². The molecule has 0 spiro atoms. The summed E-state index contributed by atoms with van der Waals surface area (Å²) in [6.07, 6.45) is -0.263. The van der Waals surface area contributed by atoms with E-state index in [-0.39, 0.29) is 0 Å². The predicted octanol–water partition coefficient (Wildman–Crippen LogP) is 0.355. The molecule has 2 atom stereocenters. The molecule has 12 heavy (non-hydrogen) atoms. The van der Waals surface area contributed by atoms with Crippen LogP contribution in [0.15, 0.2) is 0 Å². The minimum absolute atomic E-state index is 0.386. The Balaban J connectivity index is 3.68. The first-order valence-electron chi connectivity index (χ1n) is 3.65. The van der Waals surface area contributed by atoms with Gasteiger partial charge in [-0.1, -0.05) is 0 Å². The van der Waals surface area contributed by atoms with Gasteiger partial charge in [-0.25, -0.2) is 4.18 Å². The molecule has 0 bridgehead atoms. The molecule has 5 nitrogen and oxygen atoms in total. The van der Waals surface area contributed by atoms with Gasteiger partial charge in [-0.2, -0.15) is 8.42 Å². The van der Waals surface area contributed by atoms with Crippen molar-refractivity contribution in [2.24, 2.45) is 0 Å². The van der Waals surface area contributed by atoms with Gasteiger partial charge in [0.15, 0.2) is 0 Å². The molecule has 74 valence electrons. The summed E-state index contributed by atoms with van der Waals surface area (Å²) in [5.74, 6) is 0. The number of aliphatic hydroxyl groups excluding tert-OH is 1. The smallest absolute Gasteiger partial charge is 0.393 e. The zero-order valence-electron chi connectivity index (χ0n) is 7.10. The van der Waals surface area contributed by atoms with Crippen LogP contribution in [0.5, 0.6) is 0 Å². The first-order valence-corrected chi connectivity index (χ1v) is 5.01. The van der Waals surface area contributed by atoms with Crippen LogP contribution in [-0.2, 0) is 14.6 Å². The fraction of sp³-hybridized carbons (Fsp3) is 1.00. The highest BCUT2D eigenvalue weighted by atomic mass is 32.3. The Labute approximate surface area is 72.3 Å². The second-order valence-electron chi connectivity index (χ2n) is 2.76. The van der Waals surface area contributed by atoms with Gasteiger partial charge in [0.2, 0.25) is 0 Å². The van der Waals surface area contributed by atoms with Crippen molar-refractivity contribution in [3.63, 3.8) is 0 Å². The molecule has 0 aliphatic rings. The number of rotatable bonds is 5. The molecule has 0 aliphatic carbocycles. The van der Waals surface area contributed by atoms with E-state index in [1.807, 2.05) is 0 Å². The SMILES string of the molecule is CC(O)CCC(C)OS(=O)(=O)O. The second-order valence-corrected chi connectivity index (χ2v) is 3.81. The summed E-state index contributed by atoms with van der Waals surface area (Å²) in [4.78, 5) is 0. The van der Waals surface area contributed by atoms with Crippen LogP contribution in [0.2, 0.25) is 0 Å². The molecule has 0 saturated carbocycles. The summed E-state index contributed by atoms with van der Waals surface area (Å²) in [6, 6.07) is 0. The van der Waals surface area contributed by atoms with E-state index in [0.717, 1.165) is 0 Å². The van der Waals surface area contributed by atoms with Crippen LogP contribution in [0.3, 0.4) is 0 Å². The van der Waals surface area contributed by atoms with Crippen LogP contribution in [0, 0.1) is 0 Å². The Morgan fingerprint density at radius 2 is 1.83 bits per heavy atom. The summed E-state index contributed by atoms with van der Waals surface area (Å²) in [7, 11) is -4.35. The van der Waals surface area contributed by atoms with E-state index in [2.05, 4.69) is 4.18 Å². The van der Waals surface area contributed by atoms with Crippen molar-refractivity contribution < 1.29 is 22.3 Å². The molecule has 0 heterocycles. The molecule has 2 N–H and O–H groups in total. The van der Waals surface area contributed by atoms with Gasteiger partial charge >= 0.3 is 10.4 Å². The molecule has 6 heteroatoms. The van der Waals surface area contributed by atoms with E-state index in [4.69, 9.17) is 9.66 Å².